The molecule has 2 rings (SSSR count). The predicted octanol–water partition coefficient (Wildman–Crippen LogP) is -0.258. The van der Waals surface area contributed by atoms with Crippen molar-refractivity contribution < 1.29 is 9.53 Å². The Hall–Kier alpha value is -2.44. The molecule has 2 heterocycles. The third kappa shape index (κ3) is 1.83. The van der Waals surface area contributed by atoms with Gasteiger partial charge in [-0.15, -0.1) is 0 Å². The maximum absolute atomic E-state index is 11.3. The molecule has 0 amide bonds. The van der Waals surface area contributed by atoms with Crippen molar-refractivity contribution in [1.82, 2.24) is 19.7 Å². The molecule has 0 aliphatic carbocycles. The maximum Gasteiger partial charge on any atom is 0.357 e. The Morgan fingerprint density at radius 1 is 1.56 bits per heavy atom. The fraction of sp³-hybridized carbons (Fsp3) is 0.111. The zero-order valence-corrected chi connectivity index (χ0v) is 8.38. The summed E-state index contributed by atoms with van der Waals surface area (Å²) in [7, 11) is 1.22. The summed E-state index contributed by atoms with van der Waals surface area (Å²) >= 11 is 0. The van der Waals surface area contributed by atoms with Gasteiger partial charge in [0.05, 0.1) is 7.11 Å². The molecule has 1 N–H and O–H groups in total. The van der Waals surface area contributed by atoms with Crippen LogP contribution in [0.5, 0.6) is 0 Å². The first-order chi connectivity index (χ1) is 7.70. The summed E-state index contributed by atoms with van der Waals surface area (Å²) in [6.07, 6.45) is 3.13. The van der Waals surface area contributed by atoms with E-state index in [1.807, 2.05) is 0 Å². The zero-order chi connectivity index (χ0) is 11.5. The van der Waals surface area contributed by atoms with E-state index in [4.69, 9.17) is 0 Å². The highest BCUT2D eigenvalue weighted by Gasteiger charge is 2.10. The Bertz CT molecular complexity index is 558. The molecule has 0 aliphatic heterocycles. The molecule has 0 aromatic carbocycles. The van der Waals surface area contributed by atoms with Gasteiger partial charge in [-0.25, -0.2) is 14.5 Å². The first-order valence-electron chi connectivity index (χ1n) is 4.40. The molecule has 0 fully saturated rings. The first-order valence-corrected chi connectivity index (χ1v) is 4.40. The van der Waals surface area contributed by atoms with Crippen LogP contribution in [0.1, 0.15) is 10.5 Å². The minimum Gasteiger partial charge on any atom is -0.464 e. The van der Waals surface area contributed by atoms with Crippen molar-refractivity contribution in [2.75, 3.05) is 7.11 Å². The number of ether oxygens (including phenoxy) is 1. The standard InChI is InChI=1S/C9H8N4O3/c1-16-8(15)6-5-7(14)12-9(11-6)13-4-2-3-10-13/h2-5H,1H3,(H,11,12,14). The van der Waals surface area contributed by atoms with E-state index in [0.29, 0.717) is 0 Å². The van der Waals surface area contributed by atoms with Gasteiger partial charge in [0.2, 0.25) is 5.95 Å². The molecule has 7 nitrogen and oxygen atoms in total. The van der Waals surface area contributed by atoms with Gasteiger partial charge in [-0.05, 0) is 6.07 Å². The highest BCUT2D eigenvalue weighted by molar-refractivity contribution is 5.87. The Labute approximate surface area is 89.7 Å². The average molecular weight is 220 g/mol. The number of hydrogen-bond donors (Lipinski definition) is 1. The number of nitrogens with one attached hydrogen (secondary N) is 1. The average Bonchev–Trinajstić information content (AvgIpc) is 2.80. The van der Waals surface area contributed by atoms with Crippen molar-refractivity contribution in [3.63, 3.8) is 0 Å². The molecule has 0 spiro atoms. The van der Waals surface area contributed by atoms with Crippen LogP contribution >= 0.6 is 0 Å². The van der Waals surface area contributed by atoms with E-state index in [-0.39, 0.29) is 11.6 Å². The Morgan fingerprint density at radius 3 is 3.00 bits per heavy atom. The highest BCUT2D eigenvalue weighted by atomic mass is 16.5. The maximum atomic E-state index is 11.3. The predicted molar refractivity (Wildman–Crippen MR) is 53.3 cm³/mol. The highest BCUT2D eigenvalue weighted by Crippen LogP contribution is 1.99. The molecule has 7 heteroatoms. The third-order valence-corrected chi connectivity index (χ3v) is 1.85. The van der Waals surface area contributed by atoms with Gasteiger partial charge in [0.15, 0.2) is 5.69 Å². The van der Waals surface area contributed by atoms with Crippen molar-refractivity contribution in [3.05, 3.63) is 40.6 Å². The summed E-state index contributed by atoms with van der Waals surface area (Å²) in [6.45, 7) is 0. The van der Waals surface area contributed by atoms with Crippen molar-refractivity contribution in [1.29, 1.82) is 0 Å². The lowest BCUT2D eigenvalue weighted by Crippen LogP contribution is -2.17. The molecule has 0 bridgehead atoms. The van der Waals surface area contributed by atoms with Gasteiger partial charge in [-0.1, -0.05) is 0 Å². The van der Waals surface area contributed by atoms with Crippen LogP contribution in [-0.2, 0) is 4.74 Å². The molecule has 2 aromatic rings. The second kappa shape index (κ2) is 3.97. The first kappa shape index (κ1) is 10.1. The van der Waals surface area contributed by atoms with E-state index < -0.39 is 11.5 Å². The molecular weight excluding hydrogens is 212 g/mol. The third-order valence-electron chi connectivity index (χ3n) is 1.85. The van der Waals surface area contributed by atoms with Crippen LogP contribution in [-0.4, -0.2) is 32.8 Å². The lowest BCUT2D eigenvalue weighted by Gasteiger charge is -2.02. The number of aromatic nitrogens is 4. The SMILES string of the molecule is COC(=O)c1cc(=O)[nH]c(-n2cccn2)n1. The quantitative estimate of drug-likeness (QED) is 0.704. The Kier molecular flexibility index (Phi) is 2.50. The molecule has 0 saturated heterocycles. The topological polar surface area (TPSA) is 89.9 Å². The summed E-state index contributed by atoms with van der Waals surface area (Å²) in [6, 6.07) is 2.74. The van der Waals surface area contributed by atoms with Gasteiger partial charge < -0.3 is 4.74 Å². The van der Waals surface area contributed by atoms with Gasteiger partial charge in [-0.3, -0.25) is 9.78 Å². The summed E-state index contributed by atoms with van der Waals surface area (Å²) in [5.41, 5.74) is -0.502. The molecule has 16 heavy (non-hydrogen) atoms. The van der Waals surface area contributed by atoms with Crippen LogP contribution in [0.4, 0.5) is 0 Å². The van der Waals surface area contributed by atoms with Crippen LogP contribution in [0, 0.1) is 0 Å². The number of carbonyl (C=O) groups excluding carboxylic acids is 1. The number of rotatable bonds is 2. The van der Waals surface area contributed by atoms with E-state index in [2.05, 4.69) is 19.8 Å². The van der Waals surface area contributed by atoms with Crippen LogP contribution < -0.4 is 5.56 Å². The summed E-state index contributed by atoms with van der Waals surface area (Å²) < 4.78 is 5.82. The van der Waals surface area contributed by atoms with E-state index in [9.17, 15) is 9.59 Å². The normalized spacial score (nSPS) is 10.1. The summed E-state index contributed by atoms with van der Waals surface area (Å²) in [5, 5.41) is 3.89. The number of hydrogen-bond acceptors (Lipinski definition) is 5. The monoisotopic (exact) mass is 220 g/mol. The minimum atomic E-state index is -0.667. The number of methoxy groups -OCH3 is 1. The minimum absolute atomic E-state index is 0.0586. The lowest BCUT2D eigenvalue weighted by atomic mass is 10.4. The number of nitrogens with zero attached hydrogens (tertiary/aromatic N) is 3. The number of aromatic amines is 1. The smallest absolute Gasteiger partial charge is 0.357 e. The van der Waals surface area contributed by atoms with E-state index in [1.54, 1.807) is 12.3 Å². The zero-order valence-electron chi connectivity index (χ0n) is 8.38. The molecular formula is C9H8N4O3. The van der Waals surface area contributed by atoms with Crippen LogP contribution in [0.25, 0.3) is 5.95 Å². The molecule has 82 valence electrons. The Morgan fingerprint density at radius 2 is 2.38 bits per heavy atom. The summed E-state index contributed by atoms with van der Waals surface area (Å²) in [5.74, 6) is -0.502. The van der Waals surface area contributed by atoms with Crippen LogP contribution in [0.3, 0.4) is 0 Å². The van der Waals surface area contributed by atoms with Gasteiger partial charge in [0.25, 0.3) is 5.56 Å². The van der Waals surface area contributed by atoms with Gasteiger partial charge in [-0.2, -0.15) is 5.10 Å². The molecule has 0 atom stereocenters. The fourth-order valence-corrected chi connectivity index (χ4v) is 1.16. The Balaban J connectivity index is 2.53. The van der Waals surface area contributed by atoms with E-state index >= 15 is 0 Å². The van der Waals surface area contributed by atoms with Crippen molar-refractivity contribution >= 4 is 5.97 Å². The molecule has 0 saturated carbocycles. The molecule has 0 aliphatic rings. The van der Waals surface area contributed by atoms with Crippen molar-refractivity contribution in [2.24, 2.45) is 0 Å². The number of H-pyrrole nitrogens is 1. The van der Waals surface area contributed by atoms with Crippen molar-refractivity contribution in [3.8, 4) is 5.95 Å². The second-order valence-corrected chi connectivity index (χ2v) is 2.90. The van der Waals surface area contributed by atoms with Gasteiger partial charge >= 0.3 is 5.97 Å². The van der Waals surface area contributed by atoms with E-state index in [0.717, 1.165) is 6.07 Å². The second-order valence-electron chi connectivity index (χ2n) is 2.90. The summed E-state index contributed by atoms with van der Waals surface area (Å²) in [4.78, 5) is 28.9. The molecule has 0 radical (unpaired) electrons. The number of esters is 1. The number of carbonyl (C=O) groups is 1. The van der Waals surface area contributed by atoms with E-state index in [1.165, 1.54) is 18.0 Å². The van der Waals surface area contributed by atoms with Crippen LogP contribution in [0.2, 0.25) is 0 Å². The lowest BCUT2D eigenvalue weighted by molar-refractivity contribution is 0.0593. The van der Waals surface area contributed by atoms with Crippen LogP contribution in [0.15, 0.2) is 29.3 Å². The van der Waals surface area contributed by atoms with Gasteiger partial charge in [0, 0.05) is 18.5 Å². The molecule has 2 aromatic heterocycles. The molecule has 0 unspecified atom stereocenters. The largest absolute Gasteiger partial charge is 0.464 e. The van der Waals surface area contributed by atoms with Crippen molar-refractivity contribution in [2.45, 2.75) is 0 Å². The van der Waals surface area contributed by atoms with Gasteiger partial charge in [0.1, 0.15) is 0 Å². The fourth-order valence-electron chi connectivity index (χ4n) is 1.16.